The van der Waals surface area contributed by atoms with Gasteiger partial charge in [-0.2, -0.15) is 0 Å². The predicted molar refractivity (Wildman–Crippen MR) is 118 cm³/mol. The molecule has 0 spiro atoms. The number of nitrogens with zero attached hydrogens (tertiary/aromatic N) is 3. The van der Waals surface area contributed by atoms with Gasteiger partial charge in [0.25, 0.3) is 0 Å². The van der Waals surface area contributed by atoms with Gasteiger partial charge in [0.15, 0.2) is 5.82 Å². The van der Waals surface area contributed by atoms with E-state index in [9.17, 15) is 9.18 Å². The Bertz CT molecular complexity index is 1040. The Labute approximate surface area is 184 Å². The van der Waals surface area contributed by atoms with E-state index in [1.165, 1.54) is 23.9 Å². The first-order valence-corrected chi connectivity index (χ1v) is 11.1. The van der Waals surface area contributed by atoms with Gasteiger partial charge in [0.1, 0.15) is 16.8 Å². The Morgan fingerprint density at radius 2 is 1.90 bits per heavy atom. The van der Waals surface area contributed by atoms with Crippen molar-refractivity contribution in [2.45, 2.75) is 43.1 Å². The fourth-order valence-electron chi connectivity index (χ4n) is 3.42. The smallest absolute Gasteiger partial charge is 0.240 e. The first-order valence-electron chi connectivity index (χ1n) is 10.3. The van der Waals surface area contributed by atoms with E-state index in [0.29, 0.717) is 17.5 Å². The quantitative estimate of drug-likeness (QED) is 0.573. The molecule has 2 atom stereocenters. The van der Waals surface area contributed by atoms with Crippen LogP contribution in [0.5, 0.6) is 5.75 Å². The van der Waals surface area contributed by atoms with Crippen molar-refractivity contribution in [2.75, 3.05) is 17.3 Å². The molecule has 162 valence electrons. The Morgan fingerprint density at radius 1 is 1.16 bits per heavy atom. The molecule has 0 bridgehead atoms. The summed E-state index contributed by atoms with van der Waals surface area (Å²) in [6.07, 6.45) is 1.69. The second-order valence-corrected chi connectivity index (χ2v) is 8.24. The standard InChI is InChI=1S/C22H24FN5O2S/c1-3-5-18-25-26-22-28(18)27-19(14-6-8-15(23)9-7-14)20(31-22)21(29)24-16-10-12-17(13-11-16)30-4-2/h6-13,19-20,27H,3-5H2,1-2H3,(H,24,29)/t19-,20-/m0/s1. The lowest BCUT2D eigenvalue weighted by molar-refractivity contribution is -0.116. The molecule has 0 aliphatic carbocycles. The maximum atomic E-state index is 13.5. The molecule has 0 radical (unpaired) electrons. The van der Waals surface area contributed by atoms with E-state index < -0.39 is 5.25 Å². The molecule has 0 fully saturated rings. The van der Waals surface area contributed by atoms with E-state index in [-0.39, 0.29) is 17.8 Å². The molecule has 7 nitrogen and oxygen atoms in total. The summed E-state index contributed by atoms with van der Waals surface area (Å²) in [4.78, 5) is 13.2. The molecule has 1 aliphatic heterocycles. The Hall–Kier alpha value is -3.07. The molecule has 2 heterocycles. The van der Waals surface area contributed by atoms with Gasteiger partial charge < -0.3 is 15.5 Å². The minimum atomic E-state index is -0.525. The van der Waals surface area contributed by atoms with E-state index in [4.69, 9.17) is 4.74 Å². The Kier molecular flexibility index (Phi) is 6.41. The highest BCUT2D eigenvalue weighted by Crippen LogP contribution is 2.37. The molecule has 0 unspecified atom stereocenters. The molecule has 3 aromatic rings. The van der Waals surface area contributed by atoms with Crippen LogP contribution >= 0.6 is 11.8 Å². The lowest BCUT2D eigenvalue weighted by Crippen LogP contribution is -2.41. The van der Waals surface area contributed by atoms with Crippen molar-refractivity contribution in [2.24, 2.45) is 0 Å². The number of nitrogens with one attached hydrogen (secondary N) is 2. The normalized spacial score (nSPS) is 17.5. The summed E-state index contributed by atoms with van der Waals surface area (Å²) < 4.78 is 20.8. The van der Waals surface area contributed by atoms with Crippen LogP contribution in [-0.4, -0.2) is 32.6 Å². The first kappa shape index (κ1) is 21.2. The highest BCUT2D eigenvalue weighted by molar-refractivity contribution is 8.00. The summed E-state index contributed by atoms with van der Waals surface area (Å²) in [5.41, 5.74) is 4.86. The molecule has 0 saturated carbocycles. The molecule has 4 rings (SSSR count). The molecular formula is C22H24FN5O2S. The number of ether oxygens (including phenoxy) is 1. The molecule has 1 aromatic heterocycles. The van der Waals surface area contributed by atoms with Gasteiger partial charge in [0.2, 0.25) is 11.1 Å². The Balaban J connectivity index is 1.60. The van der Waals surface area contributed by atoms with Crippen molar-refractivity contribution in [3.05, 3.63) is 65.7 Å². The van der Waals surface area contributed by atoms with Crippen LogP contribution in [0.25, 0.3) is 0 Å². The number of anilines is 1. The van der Waals surface area contributed by atoms with E-state index in [1.807, 2.05) is 23.7 Å². The zero-order chi connectivity index (χ0) is 21.8. The predicted octanol–water partition coefficient (Wildman–Crippen LogP) is 4.17. The molecule has 1 amide bonds. The number of carbonyl (C=O) groups is 1. The third-order valence-electron chi connectivity index (χ3n) is 4.90. The molecule has 9 heteroatoms. The molecule has 31 heavy (non-hydrogen) atoms. The third-order valence-corrected chi connectivity index (χ3v) is 6.11. The van der Waals surface area contributed by atoms with Crippen LogP contribution < -0.4 is 15.5 Å². The maximum absolute atomic E-state index is 13.5. The lowest BCUT2D eigenvalue weighted by atomic mass is 10.0. The number of thioether (sulfide) groups is 1. The van der Waals surface area contributed by atoms with E-state index in [0.717, 1.165) is 30.0 Å². The van der Waals surface area contributed by atoms with E-state index >= 15 is 0 Å². The van der Waals surface area contributed by atoms with Crippen molar-refractivity contribution in [3.8, 4) is 5.75 Å². The highest BCUT2D eigenvalue weighted by atomic mass is 32.2. The van der Waals surface area contributed by atoms with Gasteiger partial charge >= 0.3 is 0 Å². The molecule has 2 N–H and O–H groups in total. The number of halogens is 1. The monoisotopic (exact) mass is 441 g/mol. The lowest BCUT2D eigenvalue weighted by Gasteiger charge is -2.33. The number of hydrogen-bond donors (Lipinski definition) is 2. The van der Waals surface area contributed by atoms with Gasteiger partial charge in [-0.25, -0.2) is 9.07 Å². The number of carbonyl (C=O) groups excluding carboxylic acids is 1. The van der Waals surface area contributed by atoms with Crippen LogP contribution in [0.3, 0.4) is 0 Å². The zero-order valence-corrected chi connectivity index (χ0v) is 18.2. The van der Waals surface area contributed by atoms with E-state index in [2.05, 4.69) is 27.9 Å². The topological polar surface area (TPSA) is 81.1 Å². The van der Waals surface area contributed by atoms with Crippen molar-refractivity contribution < 1.29 is 13.9 Å². The fraction of sp³-hybridized carbons (Fsp3) is 0.318. The average Bonchev–Trinajstić information content (AvgIpc) is 3.17. The van der Waals surface area contributed by atoms with Crippen molar-refractivity contribution in [1.82, 2.24) is 14.9 Å². The first-order chi connectivity index (χ1) is 15.1. The second-order valence-electron chi connectivity index (χ2n) is 7.13. The van der Waals surface area contributed by atoms with Gasteiger partial charge in [-0.3, -0.25) is 4.79 Å². The largest absolute Gasteiger partial charge is 0.494 e. The van der Waals surface area contributed by atoms with Crippen LogP contribution in [-0.2, 0) is 11.2 Å². The van der Waals surface area contributed by atoms with Crippen molar-refractivity contribution in [3.63, 3.8) is 0 Å². The summed E-state index contributed by atoms with van der Waals surface area (Å²) in [5, 5.41) is 11.6. The van der Waals surface area contributed by atoms with Crippen LogP contribution in [0.4, 0.5) is 10.1 Å². The van der Waals surface area contributed by atoms with Crippen LogP contribution in [0.1, 0.15) is 37.7 Å². The van der Waals surface area contributed by atoms with Gasteiger partial charge in [-0.1, -0.05) is 30.8 Å². The maximum Gasteiger partial charge on any atom is 0.240 e. The van der Waals surface area contributed by atoms with Gasteiger partial charge in [0, 0.05) is 12.1 Å². The van der Waals surface area contributed by atoms with Crippen LogP contribution in [0.15, 0.2) is 53.7 Å². The van der Waals surface area contributed by atoms with Crippen molar-refractivity contribution in [1.29, 1.82) is 0 Å². The third kappa shape index (κ3) is 4.66. The number of amides is 1. The number of hydrogen-bond acceptors (Lipinski definition) is 6. The summed E-state index contributed by atoms with van der Waals surface area (Å²) >= 11 is 1.35. The van der Waals surface area contributed by atoms with Gasteiger partial charge in [-0.05, 0) is 55.3 Å². The summed E-state index contributed by atoms with van der Waals surface area (Å²) in [6.45, 7) is 4.57. The molecule has 1 aliphatic rings. The minimum absolute atomic E-state index is 0.178. The van der Waals surface area contributed by atoms with Crippen LogP contribution in [0.2, 0.25) is 0 Å². The molecule has 0 saturated heterocycles. The minimum Gasteiger partial charge on any atom is -0.494 e. The number of aromatic nitrogens is 3. The number of aryl methyl sites for hydroxylation is 1. The van der Waals surface area contributed by atoms with E-state index in [1.54, 1.807) is 24.3 Å². The second kappa shape index (κ2) is 9.38. The summed E-state index contributed by atoms with van der Waals surface area (Å²) in [7, 11) is 0. The Morgan fingerprint density at radius 3 is 2.58 bits per heavy atom. The number of benzene rings is 2. The zero-order valence-electron chi connectivity index (χ0n) is 17.3. The van der Waals surface area contributed by atoms with Crippen molar-refractivity contribution >= 4 is 23.4 Å². The fourth-order valence-corrected chi connectivity index (χ4v) is 4.52. The SMILES string of the molecule is CCCc1nnc2n1N[C@@H](c1ccc(F)cc1)[C@@H](C(=O)Nc1ccc(OCC)cc1)S2. The molecule has 2 aromatic carbocycles. The summed E-state index contributed by atoms with van der Waals surface area (Å²) in [6, 6.07) is 13.0. The van der Waals surface area contributed by atoms with Gasteiger partial charge in [0.05, 0.1) is 12.6 Å². The molecular weight excluding hydrogens is 417 g/mol. The van der Waals surface area contributed by atoms with Gasteiger partial charge in [-0.15, -0.1) is 10.2 Å². The highest BCUT2D eigenvalue weighted by Gasteiger charge is 2.37. The summed E-state index contributed by atoms with van der Waals surface area (Å²) in [5.74, 6) is 1.05. The average molecular weight is 442 g/mol. The van der Waals surface area contributed by atoms with Crippen LogP contribution in [0, 0.1) is 5.82 Å². The number of rotatable bonds is 7. The number of fused-ring (bicyclic) bond motifs is 1.